The zero-order valence-corrected chi connectivity index (χ0v) is 14.5. The van der Waals surface area contributed by atoms with Crippen LogP contribution < -0.4 is 5.32 Å². The molecule has 0 saturated heterocycles. The van der Waals surface area contributed by atoms with Gasteiger partial charge in [-0.05, 0) is 43.2 Å². The number of benzene rings is 2. The number of carbonyl (C=O) groups excluding carboxylic acids is 1. The molecule has 0 radical (unpaired) electrons. The molecule has 1 amide bonds. The Balaban J connectivity index is 1.42. The quantitative estimate of drug-likeness (QED) is 0.701. The number of aromatic nitrogens is 2. The molecular weight excluding hydrogens is 333 g/mol. The number of rotatable bonds is 7. The Kier molecular flexibility index (Phi) is 5.73. The van der Waals surface area contributed by atoms with E-state index >= 15 is 0 Å². The van der Waals surface area contributed by atoms with E-state index in [1.54, 1.807) is 12.1 Å². The minimum atomic E-state index is -0.311. The van der Waals surface area contributed by atoms with E-state index in [1.807, 2.05) is 31.2 Å². The molecular formula is C20H20FN3O2. The Bertz CT molecular complexity index is 858. The molecule has 26 heavy (non-hydrogen) atoms. The van der Waals surface area contributed by atoms with Crippen molar-refractivity contribution in [3.05, 3.63) is 71.4 Å². The van der Waals surface area contributed by atoms with Gasteiger partial charge in [0.15, 0.2) is 0 Å². The van der Waals surface area contributed by atoms with Crippen molar-refractivity contribution < 1.29 is 13.7 Å². The lowest BCUT2D eigenvalue weighted by Gasteiger charge is -2.05. The number of hydrogen-bond donors (Lipinski definition) is 1. The maximum atomic E-state index is 12.9. The Morgan fingerprint density at radius 3 is 2.58 bits per heavy atom. The maximum Gasteiger partial charge on any atom is 0.226 e. The maximum absolute atomic E-state index is 12.9. The Morgan fingerprint density at radius 2 is 1.85 bits per heavy atom. The molecule has 0 fully saturated rings. The van der Waals surface area contributed by atoms with Crippen LogP contribution in [-0.2, 0) is 17.8 Å². The van der Waals surface area contributed by atoms with Gasteiger partial charge in [-0.1, -0.05) is 35.0 Å². The molecule has 1 aromatic heterocycles. The van der Waals surface area contributed by atoms with E-state index in [9.17, 15) is 9.18 Å². The second-order valence-corrected chi connectivity index (χ2v) is 6.13. The Labute approximate surface area is 151 Å². The first-order chi connectivity index (χ1) is 12.6. The lowest BCUT2D eigenvalue weighted by atomic mass is 10.1. The van der Waals surface area contributed by atoms with Crippen molar-refractivity contribution in [3.8, 4) is 11.4 Å². The number of aryl methyl sites for hydroxylation is 2. The molecule has 0 aliphatic rings. The van der Waals surface area contributed by atoms with Crippen LogP contribution in [0, 0.1) is 12.7 Å². The summed E-state index contributed by atoms with van der Waals surface area (Å²) in [4.78, 5) is 16.2. The average Bonchev–Trinajstić information content (AvgIpc) is 3.11. The average molecular weight is 353 g/mol. The zero-order chi connectivity index (χ0) is 18.4. The van der Waals surface area contributed by atoms with Gasteiger partial charge in [-0.15, -0.1) is 0 Å². The van der Waals surface area contributed by atoms with E-state index in [0.717, 1.165) is 5.56 Å². The first kappa shape index (κ1) is 17.8. The molecule has 1 N–H and O–H groups in total. The smallest absolute Gasteiger partial charge is 0.226 e. The number of halogens is 1. The van der Waals surface area contributed by atoms with Crippen molar-refractivity contribution in [2.75, 3.05) is 0 Å². The van der Waals surface area contributed by atoms with Gasteiger partial charge in [-0.25, -0.2) is 4.39 Å². The van der Waals surface area contributed by atoms with Gasteiger partial charge in [0.05, 0.1) is 0 Å². The van der Waals surface area contributed by atoms with Crippen molar-refractivity contribution in [2.45, 2.75) is 32.7 Å². The number of hydrogen-bond acceptors (Lipinski definition) is 4. The second kappa shape index (κ2) is 8.38. The van der Waals surface area contributed by atoms with Crippen LogP contribution in [0.3, 0.4) is 0 Å². The van der Waals surface area contributed by atoms with Crippen LogP contribution in [0.5, 0.6) is 0 Å². The molecule has 1 heterocycles. The van der Waals surface area contributed by atoms with Gasteiger partial charge in [0.2, 0.25) is 17.6 Å². The number of nitrogens with zero attached hydrogens (tertiary/aromatic N) is 2. The molecule has 2 aromatic carbocycles. The standard InChI is InChI=1S/C20H20FN3O2/c1-14-5-7-15(8-6-14)13-22-18(25)3-2-4-19-23-20(24-26-19)16-9-11-17(21)12-10-16/h5-12H,2-4,13H2,1H3,(H,22,25). The monoisotopic (exact) mass is 353 g/mol. The van der Waals surface area contributed by atoms with E-state index in [2.05, 4.69) is 15.5 Å². The summed E-state index contributed by atoms with van der Waals surface area (Å²) in [6.45, 7) is 2.55. The fourth-order valence-corrected chi connectivity index (χ4v) is 2.47. The van der Waals surface area contributed by atoms with E-state index in [-0.39, 0.29) is 11.7 Å². The Hall–Kier alpha value is -3.02. The van der Waals surface area contributed by atoms with Crippen LogP contribution >= 0.6 is 0 Å². The lowest BCUT2D eigenvalue weighted by molar-refractivity contribution is -0.121. The van der Waals surface area contributed by atoms with Gasteiger partial charge in [0.25, 0.3) is 0 Å². The predicted molar refractivity (Wildman–Crippen MR) is 95.7 cm³/mol. The molecule has 134 valence electrons. The largest absolute Gasteiger partial charge is 0.352 e. The summed E-state index contributed by atoms with van der Waals surface area (Å²) in [5, 5.41) is 6.79. The van der Waals surface area contributed by atoms with Gasteiger partial charge in [0, 0.05) is 24.9 Å². The summed E-state index contributed by atoms with van der Waals surface area (Å²) in [7, 11) is 0. The van der Waals surface area contributed by atoms with Gasteiger partial charge >= 0.3 is 0 Å². The summed E-state index contributed by atoms with van der Waals surface area (Å²) in [5.74, 6) is 0.567. The Morgan fingerprint density at radius 1 is 1.12 bits per heavy atom. The normalized spacial score (nSPS) is 10.7. The van der Waals surface area contributed by atoms with Crippen LogP contribution in [-0.4, -0.2) is 16.0 Å². The van der Waals surface area contributed by atoms with Crippen LogP contribution in [0.4, 0.5) is 4.39 Å². The molecule has 0 aliphatic heterocycles. The predicted octanol–water partition coefficient (Wildman–Crippen LogP) is 3.82. The third-order valence-corrected chi connectivity index (χ3v) is 3.98. The zero-order valence-electron chi connectivity index (χ0n) is 14.5. The van der Waals surface area contributed by atoms with Gasteiger partial charge < -0.3 is 9.84 Å². The molecule has 6 heteroatoms. The van der Waals surface area contributed by atoms with Crippen LogP contribution in [0.1, 0.15) is 29.9 Å². The van der Waals surface area contributed by atoms with Crippen LogP contribution in [0.2, 0.25) is 0 Å². The summed E-state index contributed by atoms with van der Waals surface area (Å²) in [6, 6.07) is 14.0. The van der Waals surface area contributed by atoms with Crippen molar-refractivity contribution >= 4 is 5.91 Å². The summed E-state index contributed by atoms with van der Waals surface area (Å²) < 4.78 is 18.1. The number of carbonyl (C=O) groups is 1. The summed E-state index contributed by atoms with van der Waals surface area (Å²) >= 11 is 0. The topological polar surface area (TPSA) is 68.0 Å². The first-order valence-corrected chi connectivity index (χ1v) is 8.51. The van der Waals surface area contributed by atoms with E-state index < -0.39 is 0 Å². The molecule has 3 rings (SSSR count). The van der Waals surface area contributed by atoms with E-state index in [1.165, 1.54) is 17.7 Å². The molecule has 0 saturated carbocycles. The molecule has 0 unspecified atom stereocenters. The highest BCUT2D eigenvalue weighted by Gasteiger charge is 2.09. The van der Waals surface area contributed by atoms with Gasteiger partial charge in [-0.2, -0.15) is 4.98 Å². The van der Waals surface area contributed by atoms with Crippen molar-refractivity contribution in [1.82, 2.24) is 15.5 Å². The minimum Gasteiger partial charge on any atom is -0.352 e. The van der Waals surface area contributed by atoms with Crippen molar-refractivity contribution in [1.29, 1.82) is 0 Å². The fraction of sp³-hybridized carbons (Fsp3) is 0.250. The first-order valence-electron chi connectivity index (χ1n) is 8.51. The molecule has 0 spiro atoms. The minimum absolute atomic E-state index is 0.0103. The number of nitrogens with one attached hydrogen (secondary N) is 1. The van der Waals surface area contributed by atoms with Crippen LogP contribution in [0.25, 0.3) is 11.4 Å². The van der Waals surface area contributed by atoms with Crippen LogP contribution in [0.15, 0.2) is 53.1 Å². The highest BCUT2D eigenvalue weighted by atomic mass is 19.1. The molecule has 0 atom stereocenters. The van der Waals surface area contributed by atoms with E-state index in [4.69, 9.17) is 4.52 Å². The SMILES string of the molecule is Cc1ccc(CNC(=O)CCCc2nc(-c3ccc(F)cc3)no2)cc1. The number of amides is 1. The fourth-order valence-electron chi connectivity index (χ4n) is 2.47. The van der Waals surface area contributed by atoms with Gasteiger partial charge in [0.1, 0.15) is 5.82 Å². The van der Waals surface area contributed by atoms with Crippen molar-refractivity contribution in [3.63, 3.8) is 0 Å². The van der Waals surface area contributed by atoms with Gasteiger partial charge in [-0.3, -0.25) is 4.79 Å². The highest BCUT2D eigenvalue weighted by Crippen LogP contribution is 2.16. The summed E-state index contributed by atoms with van der Waals surface area (Å²) in [6.07, 6.45) is 1.52. The third kappa shape index (κ3) is 4.99. The molecule has 3 aromatic rings. The lowest BCUT2D eigenvalue weighted by Crippen LogP contribution is -2.22. The molecule has 0 bridgehead atoms. The molecule has 5 nitrogen and oxygen atoms in total. The third-order valence-electron chi connectivity index (χ3n) is 3.98. The van der Waals surface area contributed by atoms with Crippen molar-refractivity contribution in [2.24, 2.45) is 0 Å². The second-order valence-electron chi connectivity index (χ2n) is 6.13. The molecule has 0 aliphatic carbocycles. The van der Waals surface area contributed by atoms with E-state index in [0.29, 0.717) is 43.1 Å². The summed E-state index contributed by atoms with van der Waals surface area (Å²) in [5.41, 5.74) is 2.96. The highest BCUT2D eigenvalue weighted by molar-refractivity contribution is 5.75.